The summed E-state index contributed by atoms with van der Waals surface area (Å²) in [7, 11) is 0. The summed E-state index contributed by atoms with van der Waals surface area (Å²) in [6.45, 7) is 4.13. The van der Waals surface area contributed by atoms with Crippen molar-refractivity contribution in [2.24, 2.45) is 0 Å². The van der Waals surface area contributed by atoms with E-state index in [0.29, 0.717) is 6.42 Å². The van der Waals surface area contributed by atoms with Gasteiger partial charge in [0, 0.05) is 12.5 Å². The van der Waals surface area contributed by atoms with Gasteiger partial charge in [-0.2, -0.15) is 0 Å². The Morgan fingerprint density at radius 2 is 1.77 bits per heavy atom. The Bertz CT molecular complexity index is 734. The zero-order valence-corrected chi connectivity index (χ0v) is 12.9. The topological polar surface area (TPSA) is 41.1 Å². The second kappa shape index (κ2) is 6.06. The van der Waals surface area contributed by atoms with Crippen molar-refractivity contribution < 1.29 is 4.79 Å². The molecular weight excluding hydrogens is 272 g/mol. The average Bonchev–Trinajstić information content (AvgIpc) is 2.63. The van der Waals surface area contributed by atoms with Crippen LogP contribution < -0.4 is 10.6 Å². The van der Waals surface area contributed by atoms with Gasteiger partial charge in [-0.3, -0.25) is 4.79 Å². The summed E-state index contributed by atoms with van der Waals surface area (Å²) in [5.74, 6) is 0.0544. The minimum atomic E-state index is 0.0544. The molecular formula is C19H20N2O. The standard InChI is InChI=1S/C19H20N2O/c1-13-6-3-4-7-15(13)10-11-16-8-5-9-17-19(16)20-14(2)12-18(22)21-17/h3-11,14,20H,12H2,1-2H3,(H,21,22)/b11-10+/t14-/m1/s1. The number of anilines is 2. The highest BCUT2D eigenvalue weighted by Crippen LogP contribution is 2.31. The second-order valence-electron chi connectivity index (χ2n) is 5.76. The van der Waals surface area contributed by atoms with Crippen molar-refractivity contribution in [3.05, 3.63) is 59.2 Å². The number of fused-ring (bicyclic) bond motifs is 1. The van der Waals surface area contributed by atoms with E-state index in [1.165, 1.54) is 11.1 Å². The Hall–Kier alpha value is -2.55. The van der Waals surface area contributed by atoms with Gasteiger partial charge in [0.25, 0.3) is 0 Å². The number of rotatable bonds is 2. The number of amides is 1. The third-order valence-corrected chi connectivity index (χ3v) is 3.88. The predicted octanol–water partition coefficient (Wildman–Crippen LogP) is 4.31. The van der Waals surface area contributed by atoms with Crippen LogP contribution >= 0.6 is 0 Å². The van der Waals surface area contributed by atoms with Crippen molar-refractivity contribution in [1.29, 1.82) is 0 Å². The fourth-order valence-electron chi connectivity index (χ4n) is 2.70. The lowest BCUT2D eigenvalue weighted by atomic mass is 10.1. The molecule has 112 valence electrons. The van der Waals surface area contributed by atoms with Crippen LogP contribution in [0.3, 0.4) is 0 Å². The Morgan fingerprint density at radius 1 is 1.05 bits per heavy atom. The van der Waals surface area contributed by atoms with Crippen LogP contribution in [0.4, 0.5) is 11.4 Å². The maximum Gasteiger partial charge on any atom is 0.226 e. The van der Waals surface area contributed by atoms with Gasteiger partial charge in [0.1, 0.15) is 0 Å². The van der Waals surface area contributed by atoms with Gasteiger partial charge in [0.2, 0.25) is 5.91 Å². The SMILES string of the molecule is Cc1ccccc1/C=C/c1cccc2c1N[C@H](C)CC(=O)N2. The summed E-state index contributed by atoms with van der Waals surface area (Å²) < 4.78 is 0. The average molecular weight is 292 g/mol. The zero-order chi connectivity index (χ0) is 15.5. The van der Waals surface area contributed by atoms with Crippen LogP contribution in [-0.4, -0.2) is 11.9 Å². The lowest BCUT2D eigenvalue weighted by Crippen LogP contribution is -2.19. The van der Waals surface area contributed by atoms with E-state index >= 15 is 0 Å². The van der Waals surface area contributed by atoms with E-state index in [2.05, 4.69) is 47.9 Å². The summed E-state index contributed by atoms with van der Waals surface area (Å²) in [4.78, 5) is 11.8. The highest BCUT2D eigenvalue weighted by Gasteiger charge is 2.18. The first kappa shape index (κ1) is 14.4. The lowest BCUT2D eigenvalue weighted by Gasteiger charge is -2.14. The minimum Gasteiger partial charge on any atom is -0.380 e. The van der Waals surface area contributed by atoms with Gasteiger partial charge in [-0.25, -0.2) is 0 Å². The van der Waals surface area contributed by atoms with E-state index < -0.39 is 0 Å². The van der Waals surface area contributed by atoms with Crippen LogP contribution in [0.5, 0.6) is 0 Å². The molecule has 22 heavy (non-hydrogen) atoms. The summed E-state index contributed by atoms with van der Waals surface area (Å²) in [5.41, 5.74) is 5.36. The molecule has 2 N–H and O–H groups in total. The maximum atomic E-state index is 11.8. The molecule has 3 rings (SSSR count). The molecule has 1 aliphatic rings. The molecule has 3 heteroatoms. The number of hydrogen-bond acceptors (Lipinski definition) is 2. The van der Waals surface area contributed by atoms with Gasteiger partial charge < -0.3 is 10.6 Å². The predicted molar refractivity (Wildman–Crippen MR) is 92.9 cm³/mol. The molecule has 0 spiro atoms. The van der Waals surface area contributed by atoms with Crippen LogP contribution in [0.2, 0.25) is 0 Å². The molecule has 1 atom stereocenters. The molecule has 0 aliphatic carbocycles. The maximum absolute atomic E-state index is 11.8. The van der Waals surface area contributed by atoms with Crippen LogP contribution in [0, 0.1) is 6.92 Å². The van der Waals surface area contributed by atoms with Crippen LogP contribution in [0.15, 0.2) is 42.5 Å². The summed E-state index contributed by atoms with van der Waals surface area (Å²) in [5, 5.41) is 6.41. The quantitative estimate of drug-likeness (QED) is 0.810. The largest absolute Gasteiger partial charge is 0.380 e. The third-order valence-electron chi connectivity index (χ3n) is 3.88. The Balaban J connectivity index is 1.97. The highest BCUT2D eigenvalue weighted by molar-refractivity contribution is 5.98. The normalized spacial score (nSPS) is 17.5. The fourth-order valence-corrected chi connectivity index (χ4v) is 2.70. The third kappa shape index (κ3) is 3.03. The van der Waals surface area contributed by atoms with Crippen LogP contribution in [0.1, 0.15) is 30.0 Å². The van der Waals surface area contributed by atoms with E-state index in [0.717, 1.165) is 16.9 Å². The van der Waals surface area contributed by atoms with Gasteiger partial charge in [-0.05, 0) is 36.6 Å². The Labute approximate surface area is 131 Å². The van der Waals surface area contributed by atoms with Crippen molar-refractivity contribution in [2.75, 3.05) is 10.6 Å². The Kier molecular flexibility index (Phi) is 3.96. The molecule has 2 aromatic carbocycles. The van der Waals surface area contributed by atoms with E-state index in [4.69, 9.17) is 0 Å². The monoisotopic (exact) mass is 292 g/mol. The number of para-hydroxylation sites is 1. The van der Waals surface area contributed by atoms with Crippen LogP contribution in [0.25, 0.3) is 12.2 Å². The fraction of sp³-hybridized carbons (Fsp3) is 0.211. The molecule has 0 unspecified atom stereocenters. The van der Waals surface area contributed by atoms with Gasteiger partial charge in [-0.1, -0.05) is 48.6 Å². The van der Waals surface area contributed by atoms with Crippen molar-refractivity contribution >= 4 is 29.4 Å². The molecule has 1 amide bonds. The van der Waals surface area contributed by atoms with E-state index in [1.54, 1.807) is 0 Å². The molecule has 0 fully saturated rings. The molecule has 3 nitrogen and oxygen atoms in total. The van der Waals surface area contributed by atoms with E-state index in [9.17, 15) is 4.79 Å². The smallest absolute Gasteiger partial charge is 0.226 e. The van der Waals surface area contributed by atoms with E-state index in [-0.39, 0.29) is 11.9 Å². The van der Waals surface area contributed by atoms with Gasteiger partial charge in [-0.15, -0.1) is 0 Å². The molecule has 0 saturated carbocycles. The number of hydrogen-bond donors (Lipinski definition) is 2. The first-order chi connectivity index (χ1) is 10.6. The molecule has 0 aromatic heterocycles. The van der Waals surface area contributed by atoms with Gasteiger partial charge in [0.05, 0.1) is 11.4 Å². The van der Waals surface area contributed by atoms with Crippen molar-refractivity contribution in [2.45, 2.75) is 26.3 Å². The molecule has 2 aromatic rings. The second-order valence-corrected chi connectivity index (χ2v) is 5.76. The first-order valence-corrected chi connectivity index (χ1v) is 7.56. The minimum absolute atomic E-state index is 0.0544. The summed E-state index contributed by atoms with van der Waals surface area (Å²) >= 11 is 0. The number of benzene rings is 2. The van der Waals surface area contributed by atoms with Crippen molar-refractivity contribution in [3.63, 3.8) is 0 Å². The summed E-state index contributed by atoms with van der Waals surface area (Å²) in [6, 6.07) is 14.4. The van der Waals surface area contributed by atoms with Crippen molar-refractivity contribution in [3.8, 4) is 0 Å². The Morgan fingerprint density at radius 3 is 2.59 bits per heavy atom. The van der Waals surface area contributed by atoms with Gasteiger partial charge >= 0.3 is 0 Å². The van der Waals surface area contributed by atoms with E-state index in [1.807, 2.05) is 31.2 Å². The molecule has 0 bridgehead atoms. The summed E-state index contributed by atoms with van der Waals surface area (Å²) in [6.07, 6.45) is 4.69. The highest BCUT2D eigenvalue weighted by atomic mass is 16.1. The molecule has 0 radical (unpaired) electrons. The molecule has 1 aliphatic heterocycles. The lowest BCUT2D eigenvalue weighted by molar-refractivity contribution is -0.116. The molecule has 1 heterocycles. The number of aryl methyl sites for hydroxylation is 1. The molecule has 0 saturated heterocycles. The zero-order valence-electron chi connectivity index (χ0n) is 12.9. The number of carbonyl (C=O) groups excluding carboxylic acids is 1. The number of nitrogens with one attached hydrogen (secondary N) is 2. The number of carbonyl (C=O) groups is 1. The van der Waals surface area contributed by atoms with Crippen molar-refractivity contribution in [1.82, 2.24) is 0 Å². The van der Waals surface area contributed by atoms with Crippen LogP contribution in [-0.2, 0) is 4.79 Å². The van der Waals surface area contributed by atoms with Gasteiger partial charge in [0.15, 0.2) is 0 Å². The first-order valence-electron chi connectivity index (χ1n) is 7.56.